The molecular weight excluding hydrogens is 408 g/mol. The van der Waals surface area contributed by atoms with Crippen LogP contribution >= 0.6 is 0 Å². The number of nitrogens with one attached hydrogen (secondary N) is 1. The molecule has 1 aliphatic rings. The third-order valence-corrected chi connectivity index (χ3v) is 5.61. The minimum atomic E-state index is -1.10. The number of nitrogens with zero attached hydrogens (tertiary/aromatic N) is 1. The number of aliphatic carboxylic acids is 1. The Bertz CT molecular complexity index is 958. The number of carbonyl (C=O) groups excluding carboxylic acids is 2. The second-order valence-corrected chi connectivity index (χ2v) is 7.74. The molecule has 2 amide bonds. The Balaban J connectivity index is 1.60. The molecule has 7 heteroatoms. The van der Waals surface area contributed by atoms with Gasteiger partial charge in [0, 0.05) is 24.9 Å². The lowest BCUT2D eigenvalue weighted by atomic mass is 9.98. The number of amides is 2. The minimum Gasteiger partial charge on any atom is -0.480 e. The van der Waals surface area contributed by atoms with Crippen molar-refractivity contribution in [2.45, 2.75) is 31.7 Å². The van der Waals surface area contributed by atoms with E-state index in [1.54, 1.807) is 0 Å². The quantitative estimate of drug-likeness (QED) is 0.553. The molecule has 1 aliphatic carbocycles. The molecule has 32 heavy (non-hydrogen) atoms. The molecule has 0 saturated carbocycles. The van der Waals surface area contributed by atoms with Gasteiger partial charge in [-0.05, 0) is 28.7 Å². The highest BCUT2D eigenvalue weighted by atomic mass is 16.5. The molecule has 2 aromatic carbocycles. The molecule has 0 aliphatic heterocycles. The maximum Gasteiger partial charge on any atom is 0.407 e. The van der Waals surface area contributed by atoms with E-state index in [0.29, 0.717) is 6.42 Å². The highest BCUT2D eigenvalue weighted by Crippen LogP contribution is 2.44. The van der Waals surface area contributed by atoms with E-state index in [2.05, 4.69) is 24.0 Å². The van der Waals surface area contributed by atoms with Crippen molar-refractivity contribution in [3.63, 3.8) is 0 Å². The van der Waals surface area contributed by atoms with Crippen LogP contribution in [0, 0.1) is 0 Å². The molecule has 0 saturated heterocycles. The average Bonchev–Trinajstić information content (AvgIpc) is 3.10. The zero-order chi connectivity index (χ0) is 23.1. The first-order chi connectivity index (χ1) is 15.4. The minimum absolute atomic E-state index is 0.0121. The summed E-state index contributed by atoms with van der Waals surface area (Å²) in [7, 11) is 0. The van der Waals surface area contributed by atoms with E-state index in [1.165, 1.54) is 11.0 Å². The van der Waals surface area contributed by atoms with Crippen LogP contribution in [-0.4, -0.2) is 53.7 Å². The highest BCUT2D eigenvalue weighted by molar-refractivity contribution is 5.82. The maximum atomic E-state index is 12.5. The molecule has 2 aromatic rings. The number of ether oxygens (including phenoxy) is 1. The van der Waals surface area contributed by atoms with E-state index in [1.807, 2.05) is 43.3 Å². The smallest absolute Gasteiger partial charge is 0.407 e. The summed E-state index contributed by atoms with van der Waals surface area (Å²) < 4.78 is 5.54. The van der Waals surface area contributed by atoms with Gasteiger partial charge in [-0.1, -0.05) is 61.5 Å². The van der Waals surface area contributed by atoms with Crippen LogP contribution in [0.15, 0.2) is 61.2 Å². The van der Waals surface area contributed by atoms with E-state index in [0.717, 1.165) is 22.3 Å². The van der Waals surface area contributed by atoms with Crippen LogP contribution in [0.1, 0.15) is 36.8 Å². The Morgan fingerprint density at radius 1 is 1.12 bits per heavy atom. The number of fused-ring (bicyclic) bond motifs is 3. The van der Waals surface area contributed by atoms with Crippen LogP contribution in [0.2, 0.25) is 0 Å². The average molecular weight is 437 g/mol. The molecule has 1 atom stereocenters. The summed E-state index contributed by atoms with van der Waals surface area (Å²) in [6, 6.07) is 15.7. The predicted molar refractivity (Wildman–Crippen MR) is 121 cm³/mol. The van der Waals surface area contributed by atoms with Crippen molar-refractivity contribution in [1.82, 2.24) is 10.2 Å². The van der Waals surface area contributed by atoms with Gasteiger partial charge in [0.2, 0.25) is 5.91 Å². The number of carbonyl (C=O) groups is 3. The molecule has 0 radical (unpaired) electrons. The Labute approximate surface area is 187 Å². The Kier molecular flexibility index (Phi) is 7.65. The predicted octanol–water partition coefficient (Wildman–Crippen LogP) is 3.79. The third-order valence-electron chi connectivity index (χ3n) is 5.61. The van der Waals surface area contributed by atoms with Gasteiger partial charge in [-0.2, -0.15) is 0 Å². The van der Waals surface area contributed by atoms with Crippen LogP contribution in [-0.2, 0) is 14.3 Å². The maximum absolute atomic E-state index is 12.5. The molecule has 3 rings (SSSR count). The first kappa shape index (κ1) is 23.1. The lowest BCUT2D eigenvalue weighted by Crippen LogP contribution is -2.42. The van der Waals surface area contributed by atoms with Gasteiger partial charge in [0.1, 0.15) is 13.2 Å². The fourth-order valence-electron chi connectivity index (χ4n) is 4.02. The lowest BCUT2D eigenvalue weighted by molar-refractivity contribution is -0.144. The van der Waals surface area contributed by atoms with Crippen molar-refractivity contribution in [1.29, 1.82) is 0 Å². The van der Waals surface area contributed by atoms with Crippen LogP contribution in [0.25, 0.3) is 11.1 Å². The first-order valence-electron chi connectivity index (χ1n) is 10.7. The van der Waals surface area contributed by atoms with Crippen molar-refractivity contribution in [2.75, 3.05) is 19.7 Å². The van der Waals surface area contributed by atoms with Crippen LogP contribution in [0.5, 0.6) is 0 Å². The molecule has 0 heterocycles. The summed E-state index contributed by atoms with van der Waals surface area (Å²) in [4.78, 5) is 37.1. The molecule has 2 N–H and O–H groups in total. The van der Waals surface area contributed by atoms with Crippen molar-refractivity contribution in [3.05, 3.63) is 72.3 Å². The molecule has 0 bridgehead atoms. The van der Waals surface area contributed by atoms with Crippen molar-refractivity contribution in [2.24, 2.45) is 0 Å². The second-order valence-electron chi connectivity index (χ2n) is 7.74. The lowest BCUT2D eigenvalue weighted by Gasteiger charge is -2.23. The normalized spacial score (nSPS) is 12.9. The molecule has 0 spiro atoms. The van der Waals surface area contributed by atoms with E-state index >= 15 is 0 Å². The molecule has 168 valence electrons. The fraction of sp³-hybridized carbons (Fsp3) is 0.320. The van der Waals surface area contributed by atoms with Gasteiger partial charge >= 0.3 is 12.1 Å². The summed E-state index contributed by atoms with van der Waals surface area (Å²) in [5, 5.41) is 11.7. The van der Waals surface area contributed by atoms with Crippen molar-refractivity contribution >= 4 is 18.0 Å². The Morgan fingerprint density at radius 2 is 1.72 bits per heavy atom. The summed E-state index contributed by atoms with van der Waals surface area (Å²) >= 11 is 0. The molecule has 0 fully saturated rings. The number of alkyl carbamates (subject to hydrolysis) is 1. The number of benzene rings is 2. The van der Waals surface area contributed by atoms with Crippen LogP contribution in [0.4, 0.5) is 4.79 Å². The first-order valence-corrected chi connectivity index (χ1v) is 10.7. The van der Waals surface area contributed by atoms with E-state index in [9.17, 15) is 14.4 Å². The zero-order valence-corrected chi connectivity index (χ0v) is 18.1. The SMILES string of the molecule is C=CCN(CC(=O)O)C(=O)C[C@H](CC)NC(=O)OCC1c2ccccc2-c2ccccc21. The number of carboxylic acids is 1. The van der Waals surface area contributed by atoms with Gasteiger partial charge in [0.05, 0.1) is 0 Å². The summed E-state index contributed by atoms with van der Waals surface area (Å²) in [6.45, 7) is 5.31. The number of rotatable bonds is 10. The van der Waals surface area contributed by atoms with Crippen molar-refractivity contribution < 1.29 is 24.2 Å². The number of hydrogen-bond donors (Lipinski definition) is 2. The van der Waals surface area contributed by atoms with Gasteiger partial charge in [-0.25, -0.2) is 4.79 Å². The van der Waals surface area contributed by atoms with Crippen LogP contribution < -0.4 is 5.32 Å². The zero-order valence-electron chi connectivity index (χ0n) is 18.1. The van der Waals surface area contributed by atoms with Gasteiger partial charge in [0.25, 0.3) is 0 Å². The van der Waals surface area contributed by atoms with Crippen molar-refractivity contribution in [3.8, 4) is 11.1 Å². The Morgan fingerprint density at radius 3 is 2.25 bits per heavy atom. The fourth-order valence-corrected chi connectivity index (χ4v) is 4.02. The molecule has 0 aromatic heterocycles. The third kappa shape index (κ3) is 5.35. The van der Waals surface area contributed by atoms with Gasteiger partial charge in [0.15, 0.2) is 0 Å². The van der Waals surface area contributed by atoms with E-state index in [4.69, 9.17) is 9.84 Å². The monoisotopic (exact) mass is 436 g/mol. The number of carboxylic acid groups (broad SMARTS) is 1. The standard InChI is InChI=1S/C25H28N2O5/c1-3-13-27(15-24(29)30)23(28)14-17(4-2)26-25(31)32-16-22-20-11-7-5-9-18(20)19-10-6-8-12-21(19)22/h3,5-12,17,22H,1,4,13-16H2,2H3,(H,26,31)(H,29,30)/t17-/m0/s1. The summed E-state index contributed by atoms with van der Waals surface area (Å²) in [5.41, 5.74) is 4.54. The van der Waals surface area contributed by atoms with E-state index in [-0.39, 0.29) is 31.4 Å². The summed E-state index contributed by atoms with van der Waals surface area (Å²) in [6.07, 6.45) is 1.37. The second kappa shape index (κ2) is 10.6. The molecule has 0 unspecified atom stereocenters. The topological polar surface area (TPSA) is 95.9 Å². The molecule has 7 nitrogen and oxygen atoms in total. The largest absolute Gasteiger partial charge is 0.480 e. The number of hydrogen-bond acceptors (Lipinski definition) is 4. The summed E-state index contributed by atoms with van der Waals surface area (Å²) in [5.74, 6) is -1.51. The van der Waals surface area contributed by atoms with E-state index < -0.39 is 24.6 Å². The Hall–Kier alpha value is -3.61. The van der Waals surface area contributed by atoms with Gasteiger partial charge in [-0.3, -0.25) is 9.59 Å². The highest BCUT2D eigenvalue weighted by Gasteiger charge is 2.29. The van der Waals surface area contributed by atoms with Gasteiger partial charge < -0.3 is 20.1 Å². The van der Waals surface area contributed by atoms with Crippen LogP contribution in [0.3, 0.4) is 0 Å². The van der Waals surface area contributed by atoms with Gasteiger partial charge in [-0.15, -0.1) is 6.58 Å². The molecular formula is C25H28N2O5.